The van der Waals surface area contributed by atoms with Crippen LogP contribution in [-0.2, 0) is 19.1 Å². The first-order valence-corrected chi connectivity index (χ1v) is 5.36. The van der Waals surface area contributed by atoms with Crippen LogP contribution in [0.15, 0.2) is 0 Å². The molecule has 1 aliphatic rings. The summed E-state index contributed by atoms with van der Waals surface area (Å²) in [6.45, 7) is 1.26. The first-order chi connectivity index (χ1) is 8.61. The van der Waals surface area contributed by atoms with Crippen molar-refractivity contribution in [3.63, 3.8) is 0 Å². The van der Waals surface area contributed by atoms with E-state index >= 15 is 0 Å². The Hall–Kier alpha value is -1.30. The van der Waals surface area contributed by atoms with Crippen LogP contribution in [0.4, 0.5) is 0 Å². The van der Waals surface area contributed by atoms with Crippen LogP contribution in [0.5, 0.6) is 0 Å². The molecule has 2 amide bonds. The van der Waals surface area contributed by atoms with Crippen molar-refractivity contribution in [3.05, 3.63) is 0 Å². The number of carbonyl (C=O) groups excluding carboxylic acids is 2. The van der Waals surface area contributed by atoms with Crippen molar-refractivity contribution < 1.29 is 34.4 Å². The third kappa shape index (κ3) is 2.83. The van der Waals surface area contributed by atoms with Crippen molar-refractivity contribution >= 4 is 11.8 Å². The molecule has 1 fully saturated rings. The van der Waals surface area contributed by atoms with E-state index in [-0.39, 0.29) is 0 Å². The molecule has 0 aromatic carbocycles. The van der Waals surface area contributed by atoms with Crippen molar-refractivity contribution in [2.75, 3.05) is 0 Å². The molecule has 6 atom stereocenters. The van der Waals surface area contributed by atoms with Crippen LogP contribution >= 0.6 is 0 Å². The van der Waals surface area contributed by atoms with Crippen molar-refractivity contribution in [1.29, 1.82) is 0 Å². The predicted octanol–water partition coefficient (Wildman–Crippen LogP) is -4.54. The summed E-state index contributed by atoms with van der Waals surface area (Å²) < 4.78 is 9.79. The molecule has 19 heavy (non-hydrogen) atoms. The Morgan fingerprint density at radius 2 is 1.79 bits per heavy atom. The number of aliphatic hydroxyl groups excluding tert-OH is 3. The van der Waals surface area contributed by atoms with E-state index in [2.05, 4.69) is 0 Å². The summed E-state index contributed by atoms with van der Waals surface area (Å²) in [5.41, 5.74) is 12.9. The largest absolute Gasteiger partial charge is 0.387 e. The number of ether oxygens (including phenoxy) is 2. The van der Waals surface area contributed by atoms with E-state index in [9.17, 15) is 24.9 Å². The fourth-order valence-electron chi connectivity index (χ4n) is 1.51. The molecule has 1 saturated heterocycles. The van der Waals surface area contributed by atoms with Gasteiger partial charge in [0.15, 0.2) is 6.29 Å². The minimum absolute atomic E-state index is 0.863. The Bertz CT molecular complexity index is 379. The van der Waals surface area contributed by atoms with E-state index in [0.29, 0.717) is 0 Å². The Morgan fingerprint density at radius 3 is 2.21 bits per heavy atom. The molecule has 1 rings (SSSR count). The molecule has 10 nitrogen and oxygen atoms in total. The molecular weight excluding hydrogens is 262 g/mol. The second kappa shape index (κ2) is 5.36. The lowest BCUT2D eigenvalue weighted by Gasteiger charge is -2.44. The van der Waals surface area contributed by atoms with Crippen LogP contribution < -0.4 is 17.2 Å². The van der Waals surface area contributed by atoms with Crippen molar-refractivity contribution in [1.82, 2.24) is 0 Å². The zero-order chi connectivity index (χ0) is 15.0. The molecule has 0 spiro atoms. The number of carbonyl (C=O) groups is 2. The van der Waals surface area contributed by atoms with E-state index in [1.807, 2.05) is 0 Å². The molecular formula is C9H17N3O7. The lowest BCUT2D eigenvalue weighted by Crippen LogP contribution is -2.73. The maximum absolute atomic E-state index is 11.2. The normalized spacial score (nSPS) is 40.7. The maximum atomic E-state index is 11.2. The average molecular weight is 279 g/mol. The summed E-state index contributed by atoms with van der Waals surface area (Å²) in [6.07, 6.45) is -8.38. The summed E-state index contributed by atoms with van der Waals surface area (Å²) in [7, 11) is 0. The van der Waals surface area contributed by atoms with Gasteiger partial charge < -0.3 is 36.3 Å². The molecule has 1 aliphatic heterocycles. The van der Waals surface area contributed by atoms with Gasteiger partial charge in [0.25, 0.3) is 5.91 Å². The Labute approximate surface area is 108 Å². The highest BCUT2D eigenvalue weighted by Gasteiger charge is 2.56. The Balaban J connectivity index is 2.94. The van der Waals surface area contributed by atoms with Gasteiger partial charge in [0.1, 0.15) is 24.4 Å². The second-order valence-electron chi connectivity index (χ2n) is 4.25. The highest BCUT2D eigenvalue weighted by atomic mass is 16.7. The number of nitrogens with two attached hydrogens (primary N) is 3. The summed E-state index contributed by atoms with van der Waals surface area (Å²) in [5, 5.41) is 28.8. The van der Waals surface area contributed by atoms with Gasteiger partial charge in [0.2, 0.25) is 11.6 Å². The molecule has 110 valence electrons. The topological polar surface area (TPSA) is 191 Å². The van der Waals surface area contributed by atoms with E-state index in [4.69, 9.17) is 26.7 Å². The van der Waals surface area contributed by atoms with Gasteiger partial charge in [0, 0.05) is 0 Å². The zero-order valence-corrected chi connectivity index (χ0v) is 10.1. The van der Waals surface area contributed by atoms with Gasteiger partial charge in [-0.1, -0.05) is 0 Å². The molecule has 0 aromatic rings. The second-order valence-corrected chi connectivity index (χ2v) is 4.25. The number of primary amides is 2. The minimum Gasteiger partial charge on any atom is -0.387 e. The van der Waals surface area contributed by atoms with E-state index in [1.54, 1.807) is 0 Å². The molecule has 0 aliphatic carbocycles. The van der Waals surface area contributed by atoms with Crippen LogP contribution in [-0.4, -0.2) is 63.6 Å². The number of rotatable bonds is 4. The van der Waals surface area contributed by atoms with Crippen LogP contribution in [0.1, 0.15) is 6.92 Å². The summed E-state index contributed by atoms with van der Waals surface area (Å²) in [5.74, 6) is -2.13. The number of hydrogen-bond acceptors (Lipinski definition) is 8. The Kier molecular flexibility index (Phi) is 4.45. The van der Waals surface area contributed by atoms with Crippen LogP contribution in [0.25, 0.3) is 0 Å². The summed E-state index contributed by atoms with van der Waals surface area (Å²) >= 11 is 0. The van der Waals surface area contributed by atoms with Gasteiger partial charge in [-0.2, -0.15) is 0 Å². The van der Waals surface area contributed by atoms with Gasteiger partial charge in [0.05, 0.1) is 0 Å². The molecule has 9 N–H and O–H groups in total. The van der Waals surface area contributed by atoms with E-state index in [1.165, 1.54) is 6.92 Å². The third-order valence-electron chi connectivity index (χ3n) is 2.83. The minimum atomic E-state index is -2.46. The smallest absolute Gasteiger partial charge is 0.267 e. The van der Waals surface area contributed by atoms with Gasteiger partial charge >= 0.3 is 0 Å². The summed E-state index contributed by atoms with van der Waals surface area (Å²) in [6, 6.07) is 0. The van der Waals surface area contributed by atoms with Gasteiger partial charge in [-0.05, 0) is 6.92 Å². The first-order valence-electron chi connectivity index (χ1n) is 5.36. The highest BCUT2D eigenvalue weighted by Crippen LogP contribution is 2.27. The fraction of sp³-hybridized carbons (Fsp3) is 0.778. The summed E-state index contributed by atoms with van der Waals surface area (Å²) in [4.78, 5) is 22.0. The SMILES string of the molecule is CC(O[C@@H]1OC(N)(C(N)=O)[C@@H](O)C(O)C1O)C(N)=O. The Morgan fingerprint density at radius 1 is 1.26 bits per heavy atom. The number of aliphatic hydroxyl groups is 3. The van der Waals surface area contributed by atoms with Gasteiger partial charge in [-0.15, -0.1) is 0 Å². The molecule has 0 saturated carbocycles. The van der Waals surface area contributed by atoms with Crippen molar-refractivity contribution in [2.45, 2.75) is 43.4 Å². The lowest BCUT2D eigenvalue weighted by atomic mass is 9.93. The van der Waals surface area contributed by atoms with Crippen LogP contribution in [0.3, 0.4) is 0 Å². The van der Waals surface area contributed by atoms with Crippen molar-refractivity contribution in [3.8, 4) is 0 Å². The standard InChI is InChI=1S/C9H17N3O7/c1-2(6(10)16)18-7-4(14)3(13)5(15)9(12,19-7)8(11)17/h2-5,7,13-15H,12H2,1H3,(H2,10,16)(H2,11,17)/t2?,3?,4?,5-,7+,9?/m0/s1. The van der Waals surface area contributed by atoms with Gasteiger partial charge in [-0.25, -0.2) is 0 Å². The molecule has 0 radical (unpaired) electrons. The van der Waals surface area contributed by atoms with E-state index in [0.717, 1.165) is 0 Å². The number of amides is 2. The fourth-order valence-corrected chi connectivity index (χ4v) is 1.51. The number of hydrogen-bond donors (Lipinski definition) is 6. The lowest BCUT2D eigenvalue weighted by molar-refractivity contribution is -0.325. The maximum Gasteiger partial charge on any atom is 0.267 e. The zero-order valence-electron chi connectivity index (χ0n) is 10.1. The molecule has 0 bridgehead atoms. The third-order valence-corrected chi connectivity index (χ3v) is 2.83. The molecule has 4 unspecified atom stereocenters. The first kappa shape index (κ1) is 15.8. The molecule has 0 aromatic heterocycles. The van der Waals surface area contributed by atoms with Crippen LogP contribution in [0.2, 0.25) is 0 Å². The van der Waals surface area contributed by atoms with Crippen LogP contribution in [0, 0.1) is 0 Å². The average Bonchev–Trinajstić information content (AvgIpc) is 2.32. The molecule has 1 heterocycles. The van der Waals surface area contributed by atoms with E-state index < -0.39 is 48.2 Å². The predicted molar refractivity (Wildman–Crippen MR) is 58.7 cm³/mol. The van der Waals surface area contributed by atoms with Crippen molar-refractivity contribution in [2.24, 2.45) is 17.2 Å². The quantitative estimate of drug-likeness (QED) is 0.296. The highest BCUT2D eigenvalue weighted by molar-refractivity contribution is 5.83. The van der Waals surface area contributed by atoms with Gasteiger partial charge in [-0.3, -0.25) is 15.3 Å². The monoisotopic (exact) mass is 279 g/mol. The molecule has 10 heteroatoms.